The summed E-state index contributed by atoms with van der Waals surface area (Å²) in [5.74, 6) is 2.00. The number of carboxylic acid groups (broad SMARTS) is 2. The lowest BCUT2D eigenvalue weighted by Crippen LogP contribution is -2.93. The summed E-state index contributed by atoms with van der Waals surface area (Å²) >= 11 is 0. The van der Waals surface area contributed by atoms with Crippen molar-refractivity contribution in [2.24, 2.45) is 23.7 Å². The third-order valence-corrected chi connectivity index (χ3v) is 12.6. The summed E-state index contributed by atoms with van der Waals surface area (Å²) in [7, 11) is 0. The average Bonchev–Trinajstić information content (AvgIpc) is 3.55. The van der Waals surface area contributed by atoms with E-state index in [1.807, 2.05) is 0 Å². The molecule has 38 heavy (non-hydrogen) atoms. The van der Waals surface area contributed by atoms with Crippen LogP contribution < -0.4 is 0 Å². The molecule has 212 valence electrons. The van der Waals surface area contributed by atoms with Gasteiger partial charge >= 0.3 is 11.9 Å². The second kappa shape index (κ2) is 9.68. The topological polar surface area (TPSA) is 90.8 Å². The fraction of sp³-hybridized carbons (Fsp3) is 0.931. The molecule has 4 heterocycles. The maximum atomic E-state index is 11.1. The van der Waals surface area contributed by atoms with Crippen LogP contribution in [0.4, 0.5) is 0 Å². The van der Waals surface area contributed by atoms with E-state index in [0.29, 0.717) is 17.1 Å². The van der Waals surface area contributed by atoms with E-state index in [1.54, 1.807) is 0 Å². The summed E-state index contributed by atoms with van der Waals surface area (Å²) in [6.45, 7) is 11.1. The van der Waals surface area contributed by atoms with Crippen LogP contribution in [-0.2, 0) is 9.59 Å². The molecule has 3 aliphatic carbocycles. The number of carboxylic acids is 2. The second-order valence-electron chi connectivity index (χ2n) is 13.7. The number of hydrogen-bond donors (Lipinski definition) is 2. The maximum absolute atomic E-state index is 11.1. The molecular weight excluding hydrogens is 482 g/mol. The number of nitrogens with zero attached hydrogens (tertiary/aromatic N) is 5. The quantitative estimate of drug-likeness (QED) is 0.481. The Labute approximate surface area is 227 Å². The van der Waals surface area contributed by atoms with Gasteiger partial charge in [-0.25, -0.2) is 0 Å². The molecule has 0 spiro atoms. The summed E-state index contributed by atoms with van der Waals surface area (Å²) in [4.78, 5) is 35.1. The normalized spacial score (nSPS) is 43.2. The molecule has 7 fully saturated rings. The number of carbonyl (C=O) groups is 2. The zero-order valence-electron chi connectivity index (χ0n) is 23.0. The van der Waals surface area contributed by atoms with Crippen molar-refractivity contribution < 1.29 is 19.8 Å². The molecule has 7 rings (SSSR count). The van der Waals surface area contributed by atoms with Gasteiger partial charge in [-0.1, -0.05) is 0 Å². The Balaban J connectivity index is 0.979. The van der Waals surface area contributed by atoms with E-state index in [1.165, 1.54) is 77.5 Å². The molecule has 6 atom stereocenters. The third kappa shape index (κ3) is 3.82. The minimum Gasteiger partial charge on any atom is -0.480 e. The van der Waals surface area contributed by atoms with E-state index in [9.17, 15) is 9.59 Å². The van der Waals surface area contributed by atoms with Crippen LogP contribution >= 0.6 is 0 Å². The number of aliphatic carboxylic acids is 2. The van der Waals surface area contributed by atoms with E-state index in [4.69, 9.17) is 10.2 Å². The monoisotopic (exact) mass is 529 g/mol. The molecule has 4 saturated heterocycles. The SMILES string of the molecule is O=C(O)CN1CCC(C2CCN(C34CCC3C3CCC34N3CCC(N4CCN(CC(=O)O)CC4)C3)C2)CC1. The predicted octanol–water partition coefficient (Wildman–Crippen LogP) is 1.19. The minimum absolute atomic E-state index is 0.178. The standard InChI is InChI=1S/C29H47N5O4/c35-26(36)19-30-9-3-21(4-10-30)22-5-11-33(17-22)28-7-1-24(28)25-2-8-29(25,28)34-12-6-23(18-34)32-15-13-31(14-16-32)20-27(37)38/h21-25H,1-20H2,(H,35,36)(H,37,38). The van der Waals surface area contributed by atoms with E-state index in [-0.39, 0.29) is 13.1 Å². The Bertz CT molecular complexity index is 860. The van der Waals surface area contributed by atoms with Gasteiger partial charge in [-0.2, -0.15) is 0 Å². The van der Waals surface area contributed by atoms with Gasteiger partial charge < -0.3 is 10.2 Å². The van der Waals surface area contributed by atoms with Crippen LogP contribution in [0, 0.1) is 23.7 Å². The maximum Gasteiger partial charge on any atom is 0.317 e. The molecule has 3 saturated carbocycles. The van der Waals surface area contributed by atoms with E-state index < -0.39 is 11.9 Å². The summed E-state index contributed by atoms with van der Waals surface area (Å²) < 4.78 is 0. The highest BCUT2D eigenvalue weighted by atomic mass is 16.4. The Kier molecular flexibility index (Phi) is 6.55. The van der Waals surface area contributed by atoms with Crippen LogP contribution in [0.25, 0.3) is 0 Å². The Hall–Kier alpha value is -1.26. The minimum atomic E-state index is -0.709. The number of likely N-dealkylation sites (tertiary alicyclic amines) is 3. The van der Waals surface area contributed by atoms with Crippen LogP contribution in [0.15, 0.2) is 0 Å². The van der Waals surface area contributed by atoms with Gasteiger partial charge in [-0.05, 0) is 94.7 Å². The largest absolute Gasteiger partial charge is 0.480 e. The van der Waals surface area contributed by atoms with Gasteiger partial charge in [0.05, 0.1) is 13.1 Å². The summed E-state index contributed by atoms with van der Waals surface area (Å²) in [6.07, 6.45) is 10.6. The fourth-order valence-corrected chi connectivity index (χ4v) is 10.7. The highest BCUT2D eigenvalue weighted by Gasteiger charge is 2.82. The number of rotatable bonds is 8. The van der Waals surface area contributed by atoms with E-state index in [0.717, 1.165) is 62.9 Å². The number of fused-ring (bicyclic) bond motifs is 4. The Morgan fingerprint density at radius 2 is 1.13 bits per heavy atom. The Morgan fingerprint density at radius 3 is 1.68 bits per heavy atom. The van der Waals surface area contributed by atoms with Crippen molar-refractivity contribution in [1.82, 2.24) is 24.5 Å². The van der Waals surface area contributed by atoms with Gasteiger partial charge in [-0.3, -0.25) is 34.1 Å². The van der Waals surface area contributed by atoms with Gasteiger partial charge in [0.1, 0.15) is 0 Å². The van der Waals surface area contributed by atoms with Crippen LogP contribution in [0.2, 0.25) is 0 Å². The van der Waals surface area contributed by atoms with Crippen LogP contribution in [0.5, 0.6) is 0 Å². The van der Waals surface area contributed by atoms with Crippen molar-refractivity contribution >= 4 is 11.9 Å². The van der Waals surface area contributed by atoms with Crippen LogP contribution in [0.1, 0.15) is 51.4 Å². The lowest BCUT2D eigenvalue weighted by molar-refractivity contribution is -0.325. The molecular formula is C29H47N5O4. The van der Waals surface area contributed by atoms with Gasteiger partial charge in [0.15, 0.2) is 0 Å². The lowest BCUT2D eigenvalue weighted by atomic mass is 9.29. The van der Waals surface area contributed by atoms with Gasteiger partial charge in [-0.15, -0.1) is 0 Å². The molecule has 9 nitrogen and oxygen atoms in total. The number of piperidine rings is 1. The van der Waals surface area contributed by atoms with Crippen LogP contribution in [0.3, 0.4) is 0 Å². The van der Waals surface area contributed by atoms with Crippen molar-refractivity contribution in [3.05, 3.63) is 0 Å². The van der Waals surface area contributed by atoms with Gasteiger partial charge in [0.2, 0.25) is 0 Å². The molecule has 0 bridgehead atoms. The summed E-state index contributed by atoms with van der Waals surface area (Å²) in [5, 5.41) is 18.3. The van der Waals surface area contributed by atoms with Crippen molar-refractivity contribution in [1.29, 1.82) is 0 Å². The number of piperazine rings is 1. The molecule has 9 heteroatoms. The zero-order chi connectivity index (χ0) is 26.1. The van der Waals surface area contributed by atoms with Crippen molar-refractivity contribution in [2.45, 2.75) is 68.5 Å². The van der Waals surface area contributed by atoms with Crippen molar-refractivity contribution in [3.8, 4) is 0 Å². The molecule has 7 aliphatic rings. The van der Waals surface area contributed by atoms with E-state index in [2.05, 4.69) is 24.5 Å². The molecule has 0 radical (unpaired) electrons. The van der Waals surface area contributed by atoms with Gasteiger partial charge in [0, 0.05) is 62.9 Å². The van der Waals surface area contributed by atoms with Crippen molar-refractivity contribution in [3.63, 3.8) is 0 Å². The van der Waals surface area contributed by atoms with Gasteiger partial charge in [0.25, 0.3) is 0 Å². The first-order valence-electron chi connectivity index (χ1n) is 15.5. The molecule has 2 N–H and O–H groups in total. The highest BCUT2D eigenvalue weighted by molar-refractivity contribution is 5.69. The fourth-order valence-electron chi connectivity index (χ4n) is 10.7. The summed E-state index contributed by atoms with van der Waals surface area (Å²) in [6, 6.07) is 0.635. The zero-order valence-corrected chi connectivity index (χ0v) is 23.0. The summed E-state index contributed by atoms with van der Waals surface area (Å²) in [5.41, 5.74) is 0.860. The first-order chi connectivity index (χ1) is 18.4. The Morgan fingerprint density at radius 1 is 0.605 bits per heavy atom. The molecule has 0 amide bonds. The molecule has 0 aromatic carbocycles. The smallest absolute Gasteiger partial charge is 0.317 e. The molecule has 4 aliphatic heterocycles. The highest BCUT2D eigenvalue weighted by Crippen LogP contribution is 2.76. The van der Waals surface area contributed by atoms with Crippen LogP contribution in [-0.4, -0.2) is 142 Å². The molecule has 6 unspecified atom stereocenters. The predicted molar refractivity (Wildman–Crippen MR) is 143 cm³/mol. The first-order valence-corrected chi connectivity index (χ1v) is 15.5. The first kappa shape index (κ1) is 25.7. The second-order valence-corrected chi connectivity index (χ2v) is 13.7. The number of hydrogen-bond acceptors (Lipinski definition) is 7. The van der Waals surface area contributed by atoms with E-state index >= 15 is 0 Å². The molecule has 0 aromatic rings. The molecule has 0 aromatic heterocycles. The average molecular weight is 530 g/mol. The lowest BCUT2D eigenvalue weighted by Gasteiger charge is -2.85. The third-order valence-electron chi connectivity index (χ3n) is 12.6. The van der Waals surface area contributed by atoms with Crippen molar-refractivity contribution in [2.75, 3.05) is 78.5 Å².